The van der Waals surface area contributed by atoms with Gasteiger partial charge in [-0.05, 0) is 50.6 Å². The molecule has 1 aliphatic rings. The molecule has 0 bridgehead atoms. The molecule has 1 N–H and O–H groups in total. The molecule has 0 spiro atoms. The summed E-state index contributed by atoms with van der Waals surface area (Å²) in [6.45, 7) is 7.90. The van der Waals surface area contributed by atoms with Crippen LogP contribution in [0.5, 0.6) is 0 Å². The molecule has 20 heavy (non-hydrogen) atoms. The average Bonchev–Trinajstić information content (AvgIpc) is 2.47. The van der Waals surface area contributed by atoms with E-state index in [-0.39, 0.29) is 0 Å². The predicted octanol–water partition coefficient (Wildman–Crippen LogP) is 3.44. The number of piperidine rings is 1. The van der Waals surface area contributed by atoms with Crippen LogP contribution < -0.4 is 5.32 Å². The average molecular weight is 269 g/mol. The maximum absolute atomic E-state index is 4.75. The number of hydrogen-bond donors (Lipinski definition) is 1. The Morgan fingerprint density at radius 2 is 2.20 bits per heavy atom. The van der Waals surface area contributed by atoms with Crippen LogP contribution in [0.1, 0.15) is 25.3 Å². The molecule has 2 aromatic rings. The van der Waals surface area contributed by atoms with Gasteiger partial charge in [0.1, 0.15) is 5.82 Å². The molecule has 0 radical (unpaired) electrons. The maximum Gasteiger partial charge on any atom is 0.127 e. The molecule has 3 heteroatoms. The first-order valence-electron chi connectivity index (χ1n) is 7.61. The quantitative estimate of drug-likeness (QED) is 0.925. The van der Waals surface area contributed by atoms with E-state index in [9.17, 15) is 0 Å². The number of nitrogens with one attached hydrogen (secondary N) is 1. The Hall–Kier alpha value is -1.61. The molecule has 106 valence electrons. The number of likely N-dealkylation sites (tertiary alicyclic amines) is 1. The van der Waals surface area contributed by atoms with Crippen LogP contribution in [0.3, 0.4) is 0 Å². The Morgan fingerprint density at radius 1 is 1.35 bits per heavy atom. The van der Waals surface area contributed by atoms with Crippen molar-refractivity contribution in [2.45, 2.75) is 32.7 Å². The lowest BCUT2D eigenvalue weighted by molar-refractivity contribution is 0.226. The van der Waals surface area contributed by atoms with Gasteiger partial charge in [-0.2, -0.15) is 0 Å². The SMILES string of the molecule is CCN1CCC[C@H](Nc2cc(C)c3ccccc3n2)C1. The van der Waals surface area contributed by atoms with Gasteiger partial charge in [0.15, 0.2) is 0 Å². The van der Waals surface area contributed by atoms with Gasteiger partial charge in [-0.3, -0.25) is 0 Å². The van der Waals surface area contributed by atoms with Crippen molar-refractivity contribution in [3.8, 4) is 0 Å². The van der Waals surface area contributed by atoms with Crippen molar-refractivity contribution < 1.29 is 0 Å². The number of pyridine rings is 1. The normalized spacial score (nSPS) is 20.2. The third-order valence-corrected chi connectivity index (χ3v) is 4.23. The summed E-state index contributed by atoms with van der Waals surface area (Å²) in [4.78, 5) is 7.26. The summed E-state index contributed by atoms with van der Waals surface area (Å²) in [6, 6.07) is 11.1. The van der Waals surface area contributed by atoms with Crippen LogP contribution >= 0.6 is 0 Å². The zero-order valence-electron chi connectivity index (χ0n) is 12.4. The molecule has 0 saturated carbocycles. The summed E-state index contributed by atoms with van der Waals surface area (Å²) in [7, 11) is 0. The fourth-order valence-corrected chi connectivity index (χ4v) is 3.09. The summed E-state index contributed by atoms with van der Waals surface area (Å²) in [5.41, 5.74) is 2.37. The monoisotopic (exact) mass is 269 g/mol. The minimum atomic E-state index is 0.525. The number of anilines is 1. The summed E-state index contributed by atoms with van der Waals surface area (Å²) < 4.78 is 0. The fourth-order valence-electron chi connectivity index (χ4n) is 3.09. The zero-order chi connectivity index (χ0) is 13.9. The van der Waals surface area contributed by atoms with Crippen LogP contribution in [0, 0.1) is 6.92 Å². The molecule has 0 aliphatic carbocycles. The molecule has 0 unspecified atom stereocenters. The summed E-state index contributed by atoms with van der Waals surface area (Å²) >= 11 is 0. The van der Waals surface area contributed by atoms with Gasteiger partial charge in [0.05, 0.1) is 5.52 Å². The van der Waals surface area contributed by atoms with Crippen molar-refractivity contribution in [3.05, 3.63) is 35.9 Å². The Morgan fingerprint density at radius 3 is 3.05 bits per heavy atom. The molecule has 3 rings (SSSR count). The Bertz CT molecular complexity index is 594. The number of hydrogen-bond acceptors (Lipinski definition) is 3. The van der Waals surface area contributed by atoms with Crippen molar-refractivity contribution >= 4 is 16.7 Å². The Labute approximate surface area is 121 Å². The van der Waals surface area contributed by atoms with E-state index in [1.165, 1.54) is 30.3 Å². The van der Waals surface area contributed by atoms with Crippen LogP contribution in [0.25, 0.3) is 10.9 Å². The third-order valence-electron chi connectivity index (χ3n) is 4.23. The predicted molar refractivity (Wildman–Crippen MR) is 85.2 cm³/mol. The van der Waals surface area contributed by atoms with Crippen LogP contribution in [-0.2, 0) is 0 Å². The first-order chi connectivity index (χ1) is 9.76. The molecular weight excluding hydrogens is 246 g/mol. The Balaban J connectivity index is 1.80. The lowest BCUT2D eigenvalue weighted by Crippen LogP contribution is -2.41. The smallest absolute Gasteiger partial charge is 0.127 e. The van der Waals surface area contributed by atoms with Gasteiger partial charge in [0.25, 0.3) is 0 Å². The second kappa shape index (κ2) is 5.80. The second-order valence-electron chi connectivity index (χ2n) is 5.72. The van der Waals surface area contributed by atoms with E-state index in [4.69, 9.17) is 4.98 Å². The van der Waals surface area contributed by atoms with Gasteiger partial charge in [-0.1, -0.05) is 25.1 Å². The minimum absolute atomic E-state index is 0.525. The van der Waals surface area contributed by atoms with E-state index >= 15 is 0 Å². The van der Waals surface area contributed by atoms with Crippen LogP contribution in [0.15, 0.2) is 30.3 Å². The number of fused-ring (bicyclic) bond motifs is 1. The molecule has 1 fully saturated rings. The molecular formula is C17H23N3. The topological polar surface area (TPSA) is 28.2 Å². The standard InChI is InChI=1S/C17H23N3/c1-3-20-10-6-7-14(12-20)18-17-11-13(2)15-8-4-5-9-16(15)19-17/h4-5,8-9,11,14H,3,6-7,10,12H2,1-2H3,(H,18,19)/t14-/m0/s1. The minimum Gasteiger partial charge on any atom is -0.366 e. The highest BCUT2D eigenvalue weighted by Crippen LogP contribution is 2.21. The second-order valence-corrected chi connectivity index (χ2v) is 5.72. The third kappa shape index (κ3) is 2.78. The van der Waals surface area contributed by atoms with Crippen molar-refractivity contribution in [1.29, 1.82) is 0 Å². The van der Waals surface area contributed by atoms with Crippen molar-refractivity contribution in [2.75, 3.05) is 25.0 Å². The van der Waals surface area contributed by atoms with E-state index in [1.54, 1.807) is 0 Å². The van der Waals surface area contributed by atoms with Gasteiger partial charge < -0.3 is 10.2 Å². The van der Waals surface area contributed by atoms with E-state index < -0.39 is 0 Å². The number of benzene rings is 1. The first kappa shape index (κ1) is 13.4. The number of aromatic nitrogens is 1. The number of likely N-dealkylation sites (N-methyl/N-ethyl adjacent to an activating group) is 1. The summed E-state index contributed by atoms with van der Waals surface area (Å²) in [5.74, 6) is 1.02. The molecule has 1 saturated heterocycles. The number of nitrogens with zero attached hydrogens (tertiary/aromatic N) is 2. The van der Waals surface area contributed by atoms with Crippen molar-refractivity contribution in [1.82, 2.24) is 9.88 Å². The lowest BCUT2D eigenvalue weighted by Gasteiger charge is -2.32. The van der Waals surface area contributed by atoms with E-state index in [1.807, 2.05) is 0 Å². The molecule has 2 heterocycles. The van der Waals surface area contributed by atoms with Crippen LogP contribution in [-0.4, -0.2) is 35.6 Å². The summed E-state index contributed by atoms with van der Waals surface area (Å²) in [5, 5.41) is 4.87. The zero-order valence-corrected chi connectivity index (χ0v) is 12.4. The molecule has 1 aromatic carbocycles. The molecule has 1 aromatic heterocycles. The lowest BCUT2D eigenvalue weighted by atomic mass is 10.1. The first-order valence-corrected chi connectivity index (χ1v) is 7.61. The number of rotatable bonds is 3. The number of aryl methyl sites for hydroxylation is 1. The van der Waals surface area contributed by atoms with Crippen molar-refractivity contribution in [2.24, 2.45) is 0 Å². The highest BCUT2D eigenvalue weighted by molar-refractivity contribution is 5.83. The van der Waals surface area contributed by atoms with Gasteiger partial charge in [0.2, 0.25) is 0 Å². The van der Waals surface area contributed by atoms with Gasteiger partial charge in [0, 0.05) is 18.0 Å². The number of para-hydroxylation sites is 1. The largest absolute Gasteiger partial charge is 0.366 e. The van der Waals surface area contributed by atoms with E-state index in [0.29, 0.717) is 6.04 Å². The summed E-state index contributed by atoms with van der Waals surface area (Å²) in [6.07, 6.45) is 2.52. The maximum atomic E-state index is 4.75. The van der Waals surface area contributed by atoms with E-state index in [0.717, 1.165) is 24.4 Å². The highest BCUT2D eigenvalue weighted by atomic mass is 15.2. The van der Waals surface area contributed by atoms with Gasteiger partial charge >= 0.3 is 0 Å². The molecule has 1 atom stereocenters. The van der Waals surface area contributed by atoms with Gasteiger partial charge in [-0.15, -0.1) is 0 Å². The van der Waals surface area contributed by atoms with Gasteiger partial charge in [-0.25, -0.2) is 4.98 Å². The molecule has 1 aliphatic heterocycles. The Kier molecular flexibility index (Phi) is 3.88. The van der Waals surface area contributed by atoms with E-state index in [2.05, 4.69) is 54.4 Å². The van der Waals surface area contributed by atoms with Crippen LogP contribution in [0.4, 0.5) is 5.82 Å². The molecule has 3 nitrogen and oxygen atoms in total. The van der Waals surface area contributed by atoms with Crippen LogP contribution in [0.2, 0.25) is 0 Å². The molecule has 0 amide bonds. The van der Waals surface area contributed by atoms with Crippen molar-refractivity contribution in [3.63, 3.8) is 0 Å². The highest BCUT2D eigenvalue weighted by Gasteiger charge is 2.18. The fraction of sp³-hybridized carbons (Fsp3) is 0.471.